The summed E-state index contributed by atoms with van der Waals surface area (Å²) < 4.78 is 8.50. The minimum absolute atomic E-state index is 0.302. The van der Waals surface area contributed by atoms with E-state index in [9.17, 15) is 0 Å². The van der Waals surface area contributed by atoms with E-state index in [2.05, 4.69) is 93.9 Å². The maximum absolute atomic E-state index is 6.19. The molecule has 3 rings (SSSR count). The Hall–Kier alpha value is -1.96. The molecule has 0 amide bonds. The molecule has 0 N–H and O–H groups in total. The number of aromatic nitrogens is 1. The Kier molecular flexibility index (Phi) is 6.46. The van der Waals surface area contributed by atoms with Gasteiger partial charge in [-0.25, -0.2) is 0 Å². The van der Waals surface area contributed by atoms with Crippen LogP contribution in [0.3, 0.4) is 0 Å². The van der Waals surface area contributed by atoms with Gasteiger partial charge in [-0.15, -0.1) is 0 Å². The van der Waals surface area contributed by atoms with Crippen molar-refractivity contribution in [1.29, 1.82) is 0 Å². The summed E-state index contributed by atoms with van der Waals surface area (Å²) in [6.45, 7) is 12.3. The second-order valence-corrected chi connectivity index (χ2v) is 8.50. The fourth-order valence-electron chi connectivity index (χ4n) is 4.53. The highest BCUT2D eigenvalue weighted by Gasteiger charge is 2.28. The molecule has 0 spiro atoms. The summed E-state index contributed by atoms with van der Waals surface area (Å²) in [7, 11) is 0. The maximum Gasteiger partial charge on any atom is 0.115 e. The Morgan fingerprint density at radius 2 is 1.89 bits per heavy atom. The zero-order chi connectivity index (χ0) is 19.4. The fourth-order valence-corrected chi connectivity index (χ4v) is 4.53. The van der Waals surface area contributed by atoms with Crippen LogP contribution in [0.25, 0.3) is 10.9 Å². The Balaban J connectivity index is 1.62. The Bertz CT molecular complexity index is 798. The molecule has 1 heterocycles. The molecule has 0 aliphatic heterocycles. The monoisotopic (exact) mass is 365 g/mol. The first-order chi connectivity index (χ1) is 13.0. The van der Waals surface area contributed by atoms with Crippen LogP contribution in [-0.2, 0) is 4.74 Å². The van der Waals surface area contributed by atoms with Crippen molar-refractivity contribution in [2.75, 3.05) is 6.61 Å². The SMILES string of the molecule is CCCC(C(C)C)C1C=CC(OCC(C)n2ccc3ccccc32)=CC1C. The van der Waals surface area contributed by atoms with Crippen LogP contribution in [0.1, 0.15) is 53.5 Å². The fraction of sp³-hybridized carbons (Fsp3) is 0.520. The molecule has 146 valence electrons. The molecule has 1 aliphatic rings. The molecule has 4 atom stereocenters. The topological polar surface area (TPSA) is 14.2 Å². The van der Waals surface area contributed by atoms with Gasteiger partial charge in [0, 0.05) is 11.7 Å². The molecule has 27 heavy (non-hydrogen) atoms. The molecule has 1 aliphatic carbocycles. The van der Waals surface area contributed by atoms with Gasteiger partial charge in [-0.2, -0.15) is 0 Å². The third-order valence-corrected chi connectivity index (χ3v) is 6.09. The molecule has 0 fully saturated rings. The summed E-state index contributed by atoms with van der Waals surface area (Å²) in [5, 5.41) is 1.29. The number of nitrogens with zero attached hydrogens (tertiary/aromatic N) is 1. The summed E-state index contributed by atoms with van der Waals surface area (Å²) >= 11 is 0. The van der Waals surface area contributed by atoms with E-state index >= 15 is 0 Å². The summed E-state index contributed by atoms with van der Waals surface area (Å²) in [5.41, 5.74) is 1.27. The summed E-state index contributed by atoms with van der Waals surface area (Å²) in [5.74, 6) is 3.67. The van der Waals surface area contributed by atoms with E-state index in [1.165, 1.54) is 23.7 Å². The van der Waals surface area contributed by atoms with Gasteiger partial charge in [0.05, 0.1) is 6.04 Å². The van der Waals surface area contributed by atoms with Gasteiger partial charge in [0.2, 0.25) is 0 Å². The third kappa shape index (κ3) is 4.48. The highest BCUT2D eigenvalue weighted by atomic mass is 16.5. The molecule has 4 unspecified atom stereocenters. The van der Waals surface area contributed by atoms with Crippen molar-refractivity contribution >= 4 is 10.9 Å². The van der Waals surface area contributed by atoms with Crippen molar-refractivity contribution in [3.8, 4) is 0 Å². The molecule has 1 aromatic heterocycles. The molecule has 0 saturated heterocycles. The van der Waals surface area contributed by atoms with Gasteiger partial charge in [0.25, 0.3) is 0 Å². The van der Waals surface area contributed by atoms with Crippen LogP contribution in [0.5, 0.6) is 0 Å². The van der Waals surface area contributed by atoms with Crippen LogP contribution in [0, 0.1) is 23.7 Å². The van der Waals surface area contributed by atoms with Crippen molar-refractivity contribution in [2.45, 2.75) is 53.5 Å². The number of fused-ring (bicyclic) bond motifs is 1. The van der Waals surface area contributed by atoms with Crippen molar-refractivity contribution in [2.24, 2.45) is 23.7 Å². The number of ether oxygens (including phenoxy) is 1. The standard InChI is InChI=1S/C25H35NO/c1-6-9-23(18(2)3)24-13-12-22(16-19(24)4)27-17-20(5)26-15-14-21-10-7-8-11-25(21)26/h7-8,10-16,18-20,23-24H,6,9,17H2,1-5H3. The van der Waals surface area contributed by atoms with Crippen molar-refractivity contribution in [3.05, 3.63) is 60.5 Å². The van der Waals surface area contributed by atoms with Gasteiger partial charge in [0.1, 0.15) is 12.4 Å². The Labute approximate surface area is 164 Å². The quantitative estimate of drug-likeness (QED) is 0.491. The van der Waals surface area contributed by atoms with E-state index in [-0.39, 0.29) is 0 Å². The van der Waals surface area contributed by atoms with Crippen LogP contribution in [0.15, 0.2) is 60.5 Å². The van der Waals surface area contributed by atoms with E-state index in [0.29, 0.717) is 24.5 Å². The molecule has 1 aromatic carbocycles. The summed E-state index contributed by atoms with van der Waals surface area (Å²) in [6.07, 6.45) is 11.7. The van der Waals surface area contributed by atoms with Crippen LogP contribution in [0.2, 0.25) is 0 Å². The zero-order valence-electron chi connectivity index (χ0n) is 17.6. The lowest BCUT2D eigenvalue weighted by Gasteiger charge is -2.33. The van der Waals surface area contributed by atoms with Crippen molar-refractivity contribution in [3.63, 3.8) is 0 Å². The number of rotatable bonds is 8. The van der Waals surface area contributed by atoms with Gasteiger partial charge in [-0.1, -0.05) is 58.4 Å². The predicted octanol–water partition coefficient (Wildman–Crippen LogP) is 7.00. The molecule has 2 aromatic rings. The molecular weight excluding hydrogens is 330 g/mol. The number of benzene rings is 1. The number of para-hydroxylation sites is 1. The third-order valence-electron chi connectivity index (χ3n) is 6.09. The van der Waals surface area contributed by atoms with Gasteiger partial charge in [-0.05, 0) is 66.7 Å². The van der Waals surface area contributed by atoms with E-state index in [0.717, 1.165) is 17.6 Å². The second kappa shape index (κ2) is 8.82. The van der Waals surface area contributed by atoms with E-state index in [1.54, 1.807) is 0 Å². The van der Waals surface area contributed by atoms with E-state index in [1.807, 2.05) is 0 Å². The highest BCUT2D eigenvalue weighted by Crippen LogP contribution is 2.36. The van der Waals surface area contributed by atoms with Crippen LogP contribution >= 0.6 is 0 Å². The average molecular weight is 366 g/mol. The lowest BCUT2D eigenvalue weighted by Crippen LogP contribution is -2.25. The number of allylic oxidation sites excluding steroid dienone is 3. The van der Waals surface area contributed by atoms with Gasteiger partial charge in [0.15, 0.2) is 0 Å². The second-order valence-electron chi connectivity index (χ2n) is 8.50. The van der Waals surface area contributed by atoms with Crippen LogP contribution in [0.4, 0.5) is 0 Å². The molecule has 0 radical (unpaired) electrons. The highest BCUT2D eigenvalue weighted by molar-refractivity contribution is 5.80. The lowest BCUT2D eigenvalue weighted by molar-refractivity contribution is 0.174. The van der Waals surface area contributed by atoms with Gasteiger partial charge in [-0.3, -0.25) is 0 Å². The largest absolute Gasteiger partial charge is 0.492 e. The lowest BCUT2D eigenvalue weighted by atomic mass is 9.73. The number of hydrogen-bond donors (Lipinski definition) is 0. The minimum atomic E-state index is 0.302. The predicted molar refractivity (Wildman–Crippen MR) is 116 cm³/mol. The smallest absolute Gasteiger partial charge is 0.115 e. The van der Waals surface area contributed by atoms with Gasteiger partial charge >= 0.3 is 0 Å². The van der Waals surface area contributed by atoms with Crippen molar-refractivity contribution in [1.82, 2.24) is 4.57 Å². The minimum Gasteiger partial charge on any atom is -0.492 e. The molecule has 2 heteroatoms. The summed E-state index contributed by atoms with van der Waals surface area (Å²) in [6, 6.07) is 11.0. The Morgan fingerprint density at radius 3 is 2.59 bits per heavy atom. The molecule has 0 saturated carbocycles. The van der Waals surface area contributed by atoms with Crippen LogP contribution in [-0.4, -0.2) is 11.2 Å². The molecule has 0 bridgehead atoms. The Morgan fingerprint density at radius 1 is 1.11 bits per heavy atom. The average Bonchev–Trinajstić information content (AvgIpc) is 3.09. The maximum atomic E-state index is 6.19. The molecular formula is C25H35NO. The van der Waals surface area contributed by atoms with Crippen molar-refractivity contribution < 1.29 is 4.74 Å². The zero-order valence-corrected chi connectivity index (χ0v) is 17.6. The molecule has 2 nitrogen and oxygen atoms in total. The van der Waals surface area contributed by atoms with Crippen LogP contribution < -0.4 is 0 Å². The first-order valence-electron chi connectivity index (χ1n) is 10.6. The van der Waals surface area contributed by atoms with Gasteiger partial charge < -0.3 is 9.30 Å². The van der Waals surface area contributed by atoms with E-state index in [4.69, 9.17) is 4.74 Å². The number of hydrogen-bond acceptors (Lipinski definition) is 1. The first-order valence-corrected chi connectivity index (χ1v) is 10.6. The van der Waals surface area contributed by atoms with E-state index < -0.39 is 0 Å². The summed E-state index contributed by atoms with van der Waals surface area (Å²) in [4.78, 5) is 0. The first kappa shape index (κ1) is 19.8. The normalized spacial score (nSPS) is 22.1.